The van der Waals surface area contributed by atoms with Crippen molar-refractivity contribution in [3.63, 3.8) is 0 Å². The second-order valence-electron chi connectivity index (χ2n) is 3.70. The molecule has 3 heteroatoms. The molecule has 88 valence electrons. The van der Waals surface area contributed by atoms with E-state index in [0.717, 1.165) is 12.8 Å². The van der Waals surface area contributed by atoms with Crippen LogP contribution in [0.25, 0.3) is 0 Å². The first-order valence-corrected chi connectivity index (χ1v) is 6.75. The Morgan fingerprint density at radius 1 is 1.25 bits per heavy atom. The van der Waals surface area contributed by atoms with E-state index in [9.17, 15) is 0 Å². The average molecular weight is 236 g/mol. The van der Waals surface area contributed by atoms with Crippen molar-refractivity contribution in [3.8, 4) is 0 Å². The van der Waals surface area contributed by atoms with Gasteiger partial charge in [-0.2, -0.15) is 0 Å². The number of ether oxygens (including phenoxy) is 1. The van der Waals surface area contributed by atoms with Crippen molar-refractivity contribution >= 4 is 14.9 Å². The van der Waals surface area contributed by atoms with E-state index in [1.807, 2.05) is 0 Å². The Hall–Kier alpha value is -0.643. The minimum absolute atomic E-state index is 0.0759. The molecule has 1 atom stereocenters. The smallest absolute Gasteiger partial charge is 0.272 e. The maximum Gasteiger partial charge on any atom is 0.272 e. The fraction of sp³-hybridized carbons (Fsp3) is 0.538. The van der Waals surface area contributed by atoms with Crippen molar-refractivity contribution in [2.24, 2.45) is 0 Å². The minimum Gasteiger partial charge on any atom is -0.387 e. The van der Waals surface area contributed by atoms with Gasteiger partial charge in [0, 0.05) is 7.11 Å². The van der Waals surface area contributed by atoms with E-state index in [4.69, 9.17) is 9.16 Å². The van der Waals surface area contributed by atoms with Crippen molar-refractivity contribution in [1.29, 1.82) is 0 Å². The molecule has 1 aromatic rings. The maximum atomic E-state index is 5.72. The van der Waals surface area contributed by atoms with Crippen LogP contribution in [0.5, 0.6) is 0 Å². The zero-order valence-corrected chi connectivity index (χ0v) is 11.3. The summed E-state index contributed by atoms with van der Waals surface area (Å²) in [5.74, 6) is 0. The molecule has 1 rings (SSSR count). The lowest BCUT2D eigenvalue weighted by molar-refractivity contribution is -0.0525. The van der Waals surface area contributed by atoms with E-state index in [0.29, 0.717) is 9.76 Å². The Morgan fingerprint density at radius 3 is 2.62 bits per heavy atom. The van der Waals surface area contributed by atoms with Crippen molar-refractivity contribution in [3.05, 3.63) is 29.8 Å². The van der Waals surface area contributed by atoms with Gasteiger partial charge in [0.25, 0.3) is 9.76 Å². The van der Waals surface area contributed by atoms with Crippen LogP contribution in [0.1, 0.15) is 32.3 Å². The van der Waals surface area contributed by atoms with Crippen LogP contribution in [0, 0.1) is 0 Å². The van der Waals surface area contributed by atoms with Gasteiger partial charge in [0.15, 0.2) is 0 Å². The molecule has 0 fully saturated rings. The summed E-state index contributed by atoms with van der Waals surface area (Å²) in [7, 11) is 2.07. The molecule has 1 aromatic carbocycles. The Morgan fingerprint density at radius 2 is 2.00 bits per heavy atom. The molecule has 16 heavy (non-hydrogen) atoms. The Bertz CT molecular complexity index is 298. The highest BCUT2D eigenvalue weighted by molar-refractivity contribution is 6.47. The van der Waals surface area contributed by atoms with E-state index in [2.05, 4.69) is 38.1 Å². The van der Waals surface area contributed by atoms with Crippen LogP contribution in [0.2, 0.25) is 0 Å². The Labute approximate surface area is 101 Å². The summed E-state index contributed by atoms with van der Waals surface area (Å²) in [5.41, 5.74) is 1.40. The second kappa shape index (κ2) is 7.60. The lowest BCUT2D eigenvalue weighted by atomic mass is 10.1. The van der Waals surface area contributed by atoms with Gasteiger partial charge < -0.3 is 9.16 Å². The van der Waals surface area contributed by atoms with Crippen LogP contribution in [0.4, 0.5) is 0 Å². The van der Waals surface area contributed by atoms with Crippen LogP contribution in [0.3, 0.4) is 0 Å². The Kier molecular flexibility index (Phi) is 6.38. The van der Waals surface area contributed by atoms with Crippen molar-refractivity contribution in [2.45, 2.75) is 39.4 Å². The number of rotatable bonds is 7. The van der Waals surface area contributed by atoms with Gasteiger partial charge in [-0.15, -0.1) is 0 Å². The zero-order valence-electron chi connectivity index (χ0n) is 10.3. The largest absolute Gasteiger partial charge is 0.387 e. The molecule has 0 aliphatic rings. The van der Waals surface area contributed by atoms with Crippen LogP contribution in [-0.2, 0) is 15.6 Å². The average Bonchev–Trinajstić information content (AvgIpc) is 2.33. The van der Waals surface area contributed by atoms with Crippen molar-refractivity contribution in [2.75, 3.05) is 7.11 Å². The summed E-state index contributed by atoms with van der Waals surface area (Å²) in [6, 6.07) is 8.49. The third-order valence-corrected chi connectivity index (χ3v) is 3.52. The van der Waals surface area contributed by atoms with Crippen LogP contribution < -0.4 is 5.19 Å². The highest BCUT2D eigenvalue weighted by Gasteiger charge is 2.08. The molecule has 0 spiro atoms. The third-order valence-electron chi connectivity index (χ3n) is 2.43. The number of methoxy groups -OCH3 is 1. The second-order valence-corrected chi connectivity index (χ2v) is 4.68. The summed E-state index contributed by atoms with van der Waals surface area (Å²) in [6.45, 7) is 4.27. The molecule has 0 N–H and O–H groups in total. The fourth-order valence-electron chi connectivity index (χ4n) is 1.53. The van der Waals surface area contributed by atoms with Gasteiger partial charge in [0.2, 0.25) is 0 Å². The quantitative estimate of drug-likeness (QED) is 0.534. The van der Waals surface area contributed by atoms with Gasteiger partial charge >= 0.3 is 0 Å². The molecule has 0 aliphatic carbocycles. The molecule has 0 amide bonds. The predicted molar refractivity (Wildman–Crippen MR) is 68.0 cm³/mol. The lowest BCUT2D eigenvalue weighted by Crippen LogP contribution is -2.27. The molecule has 0 saturated heterocycles. The van der Waals surface area contributed by atoms with Gasteiger partial charge in [-0.25, -0.2) is 0 Å². The van der Waals surface area contributed by atoms with E-state index >= 15 is 0 Å². The highest BCUT2D eigenvalue weighted by atomic mass is 28.2. The van der Waals surface area contributed by atoms with Crippen molar-refractivity contribution < 1.29 is 9.16 Å². The molecule has 2 radical (unpaired) electrons. The third kappa shape index (κ3) is 4.08. The van der Waals surface area contributed by atoms with Crippen LogP contribution in [0.15, 0.2) is 24.3 Å². The van der Waals surface area contributed by atoms with Gasteiger partial charge in [-0.3, -0.25) is 0 Å². The molecular weight excluding hydrogens is 216 g/mol. The first-order chi connectivity index (χ1) is 7.81. The van der Waals surface area contributed by atoms with Gasteiger partial charge in [-0.1, -0.05) is 44.5 Å². The summed E-state index contributed by atoms with van der Waals surface area (Å²) < 4.78 is 10.9. The summed E-state index contributed by atoms with van der Waals surface area (Å²) in [6.07, 6.45) is 3.10. The molecule has 0 saturated carbocycles. The number of hydrogen-bond donors (Lipinski definition) is 0. The summed E-state index contributed by atoms with van der Waals surface area (Å²) >= 11 is 0. The zero-order chi connectivity index (χ0) is 11.8. The molecule has 2 nitrogen and oxygen atoms in total. The molecule has 0 heterocycles. The SMILES string of the molecule is CCCc1ccccc1[Si]OC(CC)OC. The first kappa shape index (κ1) is 13.4. The minimum atomic E-state index is -0.0759. The summed E-state index contributed by atoms with van der Waals surface area (Å²) in [5, 5.41) is 1.31. The fourth-order valence-corrected chi connectivity index (χ4v) is 2.56. The van der Waals surface area contributed by atoms with Crippen LogP contribution in [-0.4, -0.2) is 23.2 Å². The van der Waals surface area contributed by atoms with E-state index in [1.165, 1.54) is 17.2 Å². The standard InChI is InChI=1S/C13H20O2Si/c1-4-8-11-9-6-7-10-12(11)16-15-13(5-2)14-3/h6-7,9-10,13H,4-5,8H2,1-3H3. The van der Waals surface area contributed by atoms with E-state index in [1.54, 1.807) is 7.11 Å². The van der Waals surface area contributed by atoms with Gasteiger partial charge in [0.1, 0.15) is 6.29 Å². The molecular formula is C13H20O2Si. The molecule has 1 unspecified atom stereocenters. The summed E-state index contributed by atoms with van der Waals surface area (Å²) in [4.78, 5) is 0. The number of aryl methyl sites for hydroxylation is 1. The van der Waals surface area contributed by atoms with Gasteiger partial charge in [-0.05, 0) is 23.6 Å². The predicted octanol–water partition coefficient (Wildman–Crippen LogP) is 2.28. The topological polar surface area (TPSA) is 18.5 Å². The Balaban J connectivity index is 2.58. The van der Waals surface area contributed by atoms with E-state index < -0.39 is 0 Å². The molecule has 0 aromatic heterocycles. The molecule has 0 bridgehead atoms. The van der Waals surface area contributed by atoms with Crippen molar-refractivity contribution in [1.82, 2.24) is 0 Å². The normalized spacial score (nSPS) is 12.7. The van der Waals surface area contributed by atoms with Crippen LogP contribution >= 0.6 is 0 Å². The highest BCUT2D eigenvalue weighted by Crippen LogP contribution is 2.02. The lowest BCUT2D eigenvalue weighted by Gasteiger charge is -2.14. The van der Waals surface area contributed by atoms with Gasteiger partial charge in [0.05, 0.1) is 0 Å². The first-order valence-electron chi connectivity index (χ1n) is 5.84. The molecule has 0 aliphatic heterocycles. The van der Waals surface area contributed by atoms with E-state index in [-0.39, 0.29) is 6.29 Å². The monoisotopic (exact) mass is 236 g/mol. The number of benzene rings is 1. The number of hydrogen-bond acceptors (Lipinski definition) is 2. The maximum absolute atomic E-state index is 5.72.